The van der Waals surface area contributed by atoms with E-state index in [9.17, 15) is 14.0 Å². The fourth-order valence-corrected chi connectivity index (χ4v) is 2.98. The van der Waals surface area contributed by atoms with E-state index >= 15 is 0 Å². The third-order valence-corrected chi connectivity index (χ3v) is 4.26. The maximum atomic E-state index is 13.5. The Labute approximate surface area is 148 Å². The largest absolute Gasteiger partial charge is 0.326 e. The average molecular weight is 350 g/mol. The van der Waals surface area contributed by atoms with Crippen molar-refractivity contribution in [2.45, 2.75) is 12.8 Å². The lowest BCUT2D eigenvalue weighted by Gasteiger charge is -2.17. The Bertz CT molecular complexity index is 1010. The zero-order chi connectivity index (χ0) is 18.1. The molecule has 2 aromatic carbocycles. The van der Waals surface area contributed by atoms with Crippen molar-refractivity contribution in [3.8, 4) is 11.3 Å². The van der Waals surface area contributed by atoms with Gasteiger partial charge in [0.25, 0.3) is 5.91 Å². The second-order valence-corrected chi connectivity index (χ2v) is 6.04. The minimum absolute atomic E-state index is 0.00702. The van der Waals surface area contributed by atoms with Crippen LogP contribution in [0.5, 0.6) is 0 Å². The molecule has 0 spiro atoms. The maximum absolute atomic E-state index is 13.5. The number of aromatic amines is 1. The van der Waals surface area contributed by atoms with Gasteiger partial charge in [-0.15, -0.1) is 0 Å². The summed E-state index contributed by atoms with van der Waals surface area (Å²) in [6.07, 6.45) is 2.47. The molecule has 0 fully saturated rings. The second kappa shape index (κ2) is 6.44. The summed E-state index contributed by atoms with van der Waals surface area (Å²) in [5.41, 5.74) is 3.67. The van der Waals surface area contributed by atoms with Crippen molar-refractivity contribution in [2.75, 3.05) is 10.6 Å². The molecule has 0 saturated carbocycles. The number of nitrogens with zero attached hydrogens (tertiary/aromatic N) is 1. The SMILES string of the molecule is O=C1CCc2cc(NC(=O)c3cn[nH]c3-c3cccc(F)c3)ccc2N1. The van der Waals surface area contributed by atoms with Crippen LogP contribution in [0.15, 0.2) is 48.7 Å². The van der Waals surface area contributed by atoms with E-state index in [-0.39, 0.29) is 17.6 Å². The molecule has 130 valence electrons. The van der Waals surface area contributed by atoms with Gasteiger partial charge in [0.15, 0.2) is 0 Å². The lowest BCUT2D eigenvalue weighted by atomic mass is 10.0. The minimum atomic E-state index is -0.389. The highest BCUT2D eigenvalue weighted by Gasteiger charge is 2.18. The molecular weight excluding hydrogens is 335 g/mol. The number of carbonyl (C=O) groups excluding carboxylic acids is 2. The molecular formula is C19H15FN4O2. The Hall–Kier alpha value is -3.48. The number of hydrogen-bond donors (Lipinski definition) is 3. The number of aromatic nitrogens is 2. The number of carbonyl (C=O) groups is 2. The normalized spacial score (nSPS) is 13.0. The van der Waals surface area contributed by atoms with Crippen LogP contribution in [0.25, 0.3) is 11.3 Å². The number of amides is 2. The lowest BCUT2D eigenvalue weighted by molar-refractivity contribution is -0.116. The molecule has 4 rings (SSSR count). The first-order valence-corrected chi connectivity index (χ1v) is 8.13. The van der Waals surface area contributed by atoms with Crippen LogP contribution in [0.4, 0.5) is 15.8 Å². The molecule has 1 aliphatic rings. The highest BCUT2D eigenvalue weighted by Crippen LogP contribution is 2.27. The van der Waals surface area contributed by atoms with Crippen molar-refractivity contribution in [3.63, 3.8) is 0 Å². The van der Waals surface area contributed by atoms with Crippen LogP contribution in [0.2, 0.25) is 0 Å². The molecule has 0 saturated heterocycles. The summed E-state index contributed by atoms with van der Waals surface area (Å²) in [6.45, 7) is 0. The van der Waals surface area contributed by atoms with Gasteiger partial charge in [-0.25, -0.2) is 4.39 Å². The molecule has 2 amide bonds. The first-order chi connectivity index (χ1) is 12.6. The molecule has 3 N–H and O–H groups in total. The van der Waals surface area contributed by atoms with Gasteiger partial charge in [0.05, 0.1) is 17.5 Å². The van der Waals surface area contributed by atoms with Gasteiger partial charge in [0, 0.05) is 23.4 Å². The maximum Gasteiger partial charge on any atom is 0.259 e. The van der Waals surface area contributed by atoms with Gasteiger partial charge in [-0.3, -0.25) is 14.7 Å². The van der Waals surface area contributed by atoms with Crippen molar-refractivity contribution < 1.29 is 14.0 Å². The molecule has 0 bridgehead atoms. The lowest BCUT2D eigenvalue weighted by Crippen LogP contribution is -2.19. The van der Waals surface area contributed by atoms with Crippen LogP contribution in [0.3, 0.4) is 0 Å². The molecule has 6 nitrogen and oxygen atoms in total. The van der Waals surface area contributed by atoms with Gasteiger partial charge in [0.2, 0.25) is 5.91 Å². The molecule has 26 heavy (non-hydrogen) atoms. The summed E-state index contributed by atoms with van der Waals surface area (Å²) < 4.78 is 13.5. The van der Waals surface area contributed by atoms with E-state index in [1.54, 1.807) is 24.3 Å². The van der Waals surface area contributed by atoms with Crippen LogP contribution in [-0.2, 0) is 11.2 Å². The number of fused-ring (bicyclic) bond motifs is 1. The first kappa shape index (κ1) is 16.0. The van der Waals surface area contributed by atoms with E-state index in [1.807, 2.05) is 6.07 Å². The van der Waals surface area contributed by atoms with Gasteiger partial charge in [0.1, 0.15) is 5.82 Å². The van der Waals surface area contributed by atoms with Crippen molar-refractivity contribution in [1.82, 2.24) is 10.2 Å². The minimum Gasteiger partial charge on any atom is -0.326 e. The van der Waals surface area contributed by atoms with Crippen LogP contribution < -0.4 is 10.6 Å². The predicted molar refractivity (Wildman–Crippen MR) is 95.3 cm³/mol. The number of halogens is 1. The van der Waals surface area contributed by atoms with E-state index in [1.165, 1.54) is 18.3 Å². The number of aryl methyl sites for hydroxylation is 1. The Morgan fingerprint density at radius 2 is 2.04 bits per heavy atom. The van der Waals surface area contributed by atoms with E-state index in [4.69, 9.17) is 0 Å². The van der Waals surface area contributed by atoms with Gasteiger partial charge in [-0.1, -0.05) is 12.1 Å². The Balaban J connectivity index is 1.58. The average Bonchev–Trinajstić information content (AvgIpc) is 3.12. The number of benzene rings is 2. The molecule has 0 aliphatic carbocycles. The van der Waals surface area contributed by atoms with Gasteiger partial charge in [-0.05, 0) is 42.3 Å². The molecule has 0 atom stereocenters. The van der Waals surface area contributed by atoms with E-state index in [0.717, 1.165) is 11.3 Å². The van der Waals surface area contributed by atoms with Gasteiger partial charge in [-0.2, -0.15) is 5.10 Å². The number of anilines is 2. The van der Waals surface area contributed by atoms with Gasteiger partial charge < -0.3 is 10.6 Å². The molecule has 7 heteroatoms. The number of nitrogens with one attached hydrogen (secondary N) is 3. The van der Waals surface area contributed by atoms with E-state index in [2.05, 4.69) is 20.8 Å². The zero-order valence-corrected chi connectivity index (χ0v) is 13.7. The summed E-state index contributed by atoms with van der Waals surface area (Å²) in [4.78, 5) is 24.1. The number of hydrogen-bond acceptors (Lipinski definition) is 3. The summed E-state index contributed by atoms with van der Waals surface area (Å²) >= 11 is 0. The van der Waals surface area contributed by atoms with Crippen LogP contribution in [0, 0.1) is 5.82 Å². The van der Waals surface area contributed by atoms with Crippen molar-refractivity contribution >= 4 is 23.2 Å². The fraction of sp³-hybridized carbons (Fsp3) is 0.105. The Morgan fingerprint density at radius 1 is 1.15 bits per heavy atom. The van der Waals surface area contributed by atoms with Crippen molar-refractivity contribution in [2.24, 2.45) is 0 Å². The monoisotopic (exact) mass is 350 g/mol. The Kier molecular flexibility index (Phi) is 3.96. The summed E-state index contributed by atoms with van der Waals surface area (Å²) in [5.74, 6) is -0.745. The second-order valence-electron chi connectivity index (χ2n) is 6.04. The molecule has 1 aliphatic heterocycles. The molecule has 2 heterocycles. The quantitative estimate of drug-likeness (QED) is 0.677. The van der Waals surface area contributed by atoms with Crippen LogP contribution >= 0.6 is 0 Å². The standard InChI is InChI=1S/C19H15FN4O2/c20-13-3-1-2-12(8-13)18-15(10-21-24-18)19(26)22-14-5-6-16-11(9-14)4-7-17(25)23-16/h1-3,5-6,8-10H,4,7H2,(H,21,24)(H,22,26)(H,23,25). The first-order valence-electron chi connectivity index (χ1n) is 8.13. The summed E-state index contributed by atoms with van der Waals surface area (Å²) in [7, 11) is 0. The topological polar surface area (TPSA) is 86.9 Å². The van der Waals surface area contributed by atoms with E-state index < -0.39 is 0 Å². The van der Waals surface area contributed by atoms with Crippen LogP contribution in [-0.4, -0.2) is 22.0 Å². The number of H-pyrrole nitrogens is 1. The number of rotatable bonds is 3. The van der Waals surface area contributed by atoms with Crippen molar-refractivity contribution in [1.29, 1.82) is 0 Å². The highest BCUT2D eigenvalue weighted by atomic mass is 19.1. The molecule has 0 radical (unpaired) electrons. The summed E-state index contributed by atoms with van der Waals surface area (Å²) in [6, 6.07) is 11.3. The highest BCUT2D eigenvalue weighted by molar-refractivity contribution is 6.08. The third kappa shape index (κ3) is 3.06. The third-order valence-electron chi connectivity index (χ3n) is 4.26. The predicted octanol–water partition coefficient (Wildman–Crippen LogP) is 3.35. The molecule has 0 unspecified atom stereocenters. The van der Waals surface area contributed by atoms with Crippen molar-refractivity contribution in [3.05, 3.63) is 65.6 Å². The smallest absolute Gasteiger partial charge is 0.259 e. The molecule has 1 aromatic heterocycles. The fourth-order valence-electron chi connectivity index (χ4n) is 2.98. The zero-order valence-electron chi connectivity index (χ0n) is 13.7. The van der Waals surface area contributed by atoms with Gasteiger partial charge >= 0.3 is 0 Å². The summed E-state index contributed by atoms with van der Waals surface area (Å²) in [5, 5.41) is 12.3. The Morgan fingerprint density at radius 3 is 2.88 bits per heavy atom. The van der Waals surface area contributed by atoms with E-state index in [0.29, 0.717) is 35.3 Å². The molecule has 3 aromatic rings. The van der Waals surface area contributed by atoms with Crippen LogP contribution in [0.1, 0.15) is 22.3 Å².